The largest absolute Gasteiger partial charge is 0.370 e. The fourth-order valence-corrected chi connectivity index (χ4v) is 6.43. The van der Waals surface area contributed by atoms with Crippen molar-refractivity contribution in [2.24, 2.45) is 11.8 Å². The van der Waals surface area contributed by atoms with E-state index in [9.17, 15) is 13.2 Å². The zero-order valence-corrected chi connectivity index (χ0v) is 21.4. The van der Waals surface area contributed by atoms with Crippen molar-refractivity contribution in [2.75, 3.05) is 31.1 Å². The van der Waals surface area contributed by atoms with Crippen molar-refractivity contribution in [3.63, 3.8) is 0 Å². The van der Waals surface area contributed by atoms with Gasteiger partial charge in [0.15, 0.2) is 0 Å². The maximum Gasteiger partial charge on any atom is 0.251 e. The van der Waals surface area contributed by atoms with Gasteiger partial charge in [-0.2, -0.15) is 4.31 Å². The van der Waals surface area contributed by atoms with Crippen LogP contribution in [0.25, 0.3) is 0 Å². The van der Waals surface area contributed by atoms with Gasteiger partial charge in [0, 0.05) is 38.3 Å². The Balaban J connectivity index is 1.61. The molecule has 2 heterocycles. The van der Waals surface area contributed by atoms with E-state index in [-0.39, 0.29) is 10.8 Å². The average Bonchev–Trinajstić information content (AvgIpc) is 2.84. The first-order chi connectivity index (χ1) is 16.2. The van der Waals surface area contributed by atoms with Crippen LogP contribution in [0, 0.1) is 18.8 Å². The van der Waals surface area contributed by atoms with Crippen LogP contribution in [0.15, 0.2) is 47.4 Å². The molecule has 0 aromatic heterocycles. The van der Waals surface area contributed by atoms with Gasteiger partial charge >= 0.3 is 0 Å². The second-order valence-electron chi connectivity index (χ2n) is 10.1. The fourth-order valence-electron chi connectivity index (χ4n) is 4.73. The van der Waals surface area contributed by atoms with Crippen molar-refractivity contribution >= 4 is 21.6 Å². The monoisotopic (exact) mass is 483 g/mol. The number of carbonyl (C=O) groups is 1. The van der Waals surface area contributed by atoms with Crippen LogP contribution >= 0.6 is 0 Å². The predicted octanol–water partition coefficient (Wildman–Crippen LogP) is 4.58. The van der Waals surface area contributed by atoms with Gasteiger partial charge in [-0.25, -0.2) is 8.42 Å². The Bertz CT molecular complexity index is 1100. The molecule has 2 aromatic carbocycles. The molecule has 0 spiro atoms. The number of nitrogens with one attached hydrogen (secondary N) is 1. The van der Waals surface area contributed by atoms with Crippen molar-refractivity contribution in [1.29, 1.82) is 0 Å². The fraction of sp³-hybridized carbons (Fsp3) is 0.519. The third-order valence-corrected chi connectivity index (χ3v) is 9.21. The van der Waals surface area contributed by atoms with Crippen molar-refractivity contribution in [2.45, 2.75) is 57.9 Å². The van der Waals surface area contributed by atoms with Crippen LogP contribution < -0.4 is 10.2 Å². The predicted molar refractivity (Wildman–Crippen MR) is 137 cm³/mol. The summed E-state index contributed by atoms with van der Waals surface area (Å²) in [5, 5.41) is 2.94. The number of rotatable bonds is 6. The quantitative estimate of drug-likeness (QED) is 0.653. The number of amides is 1. The van der Waals surface area contributed by atoms with Gasteiger partial charge < -0.3 is 10.2 Å². The lowest BCUT2D eigenvalue weighted by Crippen LogP contribution is -2.40. The highest BCUT2D eigenvalue weighted by Crippen LogP contribution is 2.33. The number of piperidine rings is 2. The first-order valence-corrected chi connectivity index (χ1v) is 13.9. The molecule has 2 fully saturated rings. The standard InChI is InChI=1S/C27H37N3O3S/c1-20-4-6-23(7-5-20)19-28-27(31)24-8-9-25(29-14-10-21(2)11-15-29)26(18-24)34(32,33)30-16-12-22(3)13-17-30/h4-9,18,21-22H,10-17,19H2,1-3H3,(H,28,31). The first kappa shape index (κ1) is 24.7. The molecular weight excluding hydrogens is 446 g/mol. The summed E-state index contributed by atoms with van der Waals surface area (Å²) < 4.78 is 29.2. The molecule has 0 unspecified atom stereocenters. The number of nitrogens with zero attached hydrogens (tertiary/aromatic N) is 2. The smallest absolute Gasteiger partial charge is 0.251 e. The zero-order valence-electron chi connectivity index (χ0n) is 20.6. The van der Waals surface area contributed by atoms with Crippen molar-refractivity contribution in [3.8, 4) is 0 Å². The van der Waals surface area contributed by atoms with E-state index in [1.54, 1.807) is 16.4 Å². The molecule has 2 saturated heterocycles. The molecule has 34 heavy (non-hydrogen) atoms. The third kappa shape index (κ3) is 5.63. The summed E-state index contributed by atoms with van der Waals surface area (Å²) in [5.74, 6) is 0.920. The molecular formula is C27H37N3O3S. The minimum absolute atomic E-state index is 0.261. The number of carbonyl (C=O) groups excluding carboxylic acids is 1. The number of sulfonamides is 1. The molecule has 0 bridgehead atoms. The second kappa shape index (κ2) is 10.5. The molecule has 2 aliphatic heterocycles. The Hall–Kier alpha value is -2.38. The molecule has 0 radical (unpaired) electrons. The summed E-state index contributed by atoms with van der Waals surface area (Å²) in [6.45, 7) is 9.57. The molecule has 7 heteroatoms. The van der Waals surface area contributed by atoms with Gasteiger partial charge in [0.1, 0.15) is 4.90 Å². The normalized spacial score (nSPS) is 18.7. The van der Waals surface area contributed by atoms with Crippen LogP contribution in [0.4, 0.5) is 5.69 Å². The maximum atomic E-state index is 13.8. The average molecular weight is 484 g/mol. The topological polar surface area (TPSA) is 69.7 Å². The Morgan fingerprint density at radius 1 is 0.912 bits per heavy atom. The molecule has 2 aromatic rings. The minimum Gasteiger partial charge on any atom is -0.370 e. The van der Waals surface area contributed by atoms with Crippen LogP contribution in [-0.4, -0.2) is 44.8 Å². The number of aryl methyl sites for hydroxylation is 1. The molecule has 184 valence electrons. The minimum atomic E-state index is -3.70. The molecule has 0 saturated carbocycles. The van der Waals surface area contributed by atoms with E-state index in [4.69, 9.17) is 0 Å². The van der Waals surface area contributed by atoms with Gasteiger partial charge in [-0.3, -0.25) is 4.79 Å². The molecule has 0 aliphatic carbocycles. The van der Waals surface area contributed by atoms with E-state index in [0.717, 1.165) is 50.0 Å². The van der Waals surface area contributed by atoms with Crippen LogP contribution in [-0.2, 0) is 16.6 Å². The zero-order chi connectivity index (χ0) is 24.3. The lowest BCUT2D eigenvalue weighted by Gasteiger charge is -2.35. The number of hydrogen-bond acceptors (Lipinski definition) is 4. The highest BCUT2D eigenvalue weighted by molar-refractivity contribution is 7.89. The SMILES string of the molecule is Cc1ccc(CNC(=O)c2ccc(N3CCC(C)CC3)c(S(=O)(=O)N3CCC(C)CC3)c2)cc1. The Morgan fingerprint density at radius 3 is 2.12 bits per heavy atom. The summed E-state index contributed by atoms with van der Waals surface area (Å²) in [6.07, 6.45) is 3.82. The van der Waals surface area contributed by atoms with Gasteiger partial charge in [-0.1, -0.05) is 43.7 Å². The molecule has 4 rings (SSSR count). The van der Waals surface area contributed by atoms with Crippen molar-refractivity contribution in [3.05, 3.63) is 59.2 Å². The van der Waals surface area contributed by atoms with Gasteiger partial charge in [0.2, 0.25) is 10.0 Å². The molecule has 0 atom stereocenters. The highest BCUT2D eigenvalue weighted by Gasteiger charge is 2.32. The van der Waals surface area contributed by atoms with Crippen LogP contribution in [0.5, 0.6) is 0 Å². The van der Waals surface area contributed by atoms with Gasteiger partial charge in [-0.05, 0) is 68.2 Å². The van der Waals surface area contributed by atoms with E-state index >= 15 is 0 Å². The summed E-state index contributed by atoms with van der Waals surface area (Å²) in [5.41, 5.74) is 3.28. The molecule has 1 N–H and O–H groups in total. The van der Waals surface area contributed by atoms with E-state index in [2.05, 4.69) is 24.1 Å². The summed E-state index contributed by atoms with van der Waals surface area (Å²) in [7, 11) is -3.70. The molecule has 2 aliphatic rings. The molecule has 1 amide bonds. The number of anilines is 1. The Labute approximate surface area is 204 Å². The van der Waals surface area contributed by atoms with Crippen LogP contribution in [0.1, 0.15) is 61.0 Å². The summed E-state index contributed by atoms with van der Waals surface area (Å²) in [6, 6.07) is 13.2. The first-order valence-electron chi connectivity index (χ1n) is 12.5. The lowest BCUT2D eigenvalue weighted by molar-refractivity contribution is 0.0950. The van der Waals surface area contributed by atoms with Gasteiger partial charge in [0.25, 0.3) is 5.91 Å². The Morgan fingerprint density at radius 2 is 1.50 bits per heavy atom. The lowest BCUT2D eigenvalue weighted by atomic mass is 9.98. The van der Waals surface area contributed by atoms with Crippen LogP contribution in [0.3, 0.4) is 0 Å². The van der Waals surface area contributed by atoms with Crippen molar-refractivity contribution < 1.29 is 13.2 Å². The van der Waals surface area contributed by atoms with Crippen molar-refractivity contribution in [1.82, 2.24) is 9.62 Å². The summed E-state index contributed by atoms with van der Waals surface area (Å²) in [4.78, 5) is 15.4. The molecule has 6 nitrogen and oxygen atoms in total. The van der Waals surface area contributed by atoms with Gasteiger partial charge in [-0.15, -0.1) is 0 Å². The third-order valence-electron chi connectivity index (χ3n) is 7.28. The van der Waals surface area contributed by atoms with Crippen LogP contribution in [0.2, 0.25) is 0 Å². The number of hydrogen-bond donors (Lipinski definition) is 1. The van der Waals surface area contributed by atoms with E-state index in [1.807, 2.05) is 37.3 Å². The summed E-state index contributed by atoms with van der Waals surface area (Å²) >= 11 is 0. The number of benzene rings is 2. The Kier molecular flexibility index (Phi) is 7.63. The second-order valence-corrected chi connectivity index (χ2v) is 12.0. The van der Waals surface area contributed by atoms with Gasteiger partial charge in [0.05, 0.1) is 5.69 Å². The van der Waals surface area contributed by atoms with E-state index < -0.39 is 10.0 Å². The highest BCUT2D eigenvalue weighted by atomic mass is 32.2. The maximum absolute atomic E-state index is 13.8. The van der Waals surface area contributed by atoms with E-state index in [1.165, 1.54) is 5.56 Å². The van der Waals surface area contributed by atoms with E-state index in [0.29, 0.717) is 37.0 Å².